The van der Waals surface area contributed by atoms with Crippen molar-refractivity contribution in [3.63, 3.8) is 0 Å². The van der Waals surface area contributed by atoms with E-state index >= 15 is 0 Å². The molecule has 0 spiro atoms. The van der Waals surface area contributed by atoms with E-state index in [0.717, 1.165) is 45.3 Å². The number of hydrogen-bond acceptors (Lipinski definition) is 3. The molecule has 0 aromatic heterocycles. The lowest BCUT2D eigenvalue weighted by Gasteiger charge is -2.26. The molecule has 0 saturated carbocycles. The molecule has 1 aromatic carbocycles. The molecule has 1 heterocycles. The first-order valence-electron chi connectivity index (χ1n) is 7.85. The van der Waals surface area contributed by atoms with Gasteiger partial charge in [-0.1, -0.05) is 6.07 Å². The third kappa shape index (κ3) is 5.76. The van der Waals surface area contributed by atoms with E-state index in [4.69, 9.17) is 4.74 Å². The van der Waals surface area contributed by atoms with Crippen molar-refractivity contribution < 1.29 is 18.3 Å². The molecule has 2 rings (SSSR count). The van der Waals surface area contributed by atoms with E-state index in [1.54, 1.807) is 6.92 Å². The summed E-state index contributed by atoms with van der Waals surface area (Å²) in [7, 11) is 0. The van der Waals surface area contributed by atoms with E-state index in [-0.39, 0.29) is 11.6 Å². The molecule has 23 heavy (non-hydrogen) atoms. The Bertz CT molecular complexity index is 522. The average Bonchev–Trinajstić information content (AvgIpc) is 2.52. The maximum Gasteiger partial charge on any atom is 0.315 e. The fraction of sp³-hybridized carbons (Fsp3) is 0.562. The van der Waals surface area contributed by atoms with Gasteiger partial charge >= 0.3 is 6.03 Å². The van der Waals surface area contributed by atoms with Crippen LogP contribution in [0.5, 0.6) is 0 Å². The number of carbonyl (C=O) groups excluding carboxylic acids is 1. The van der Waals surface area contributed by atoms with E-state index in [9.17, 15) is 13.6 Å². The molecule has 1 saturated heterocycles. The van der Waals surface area contributed by atoms with Crippen LogP contribution in [0.25, 0.3) is 0 Å². The SMILES string of the molecule is CC(NC(=O)NCCCN1CCOCC1)c1ccc(F)cc1F. The third-order valence-electron chi connectivity index (χ3n) is 3.82. The number of carbonyl (C=O) groups is 1. The lowest BCUT2D eigenvalue weighted by Crippen LogP contribution is -2.40. The standard InChI is InChI=1S/C16H23F2N3O2/c1-12(14-4-3-13(17)11-15(14)18)20-16(22)19-5-2-6-21-7-9-23-10-8-21/h3-4,11-12H,2,5-10H2,1H3,(H2,19,20,22). The first-order chi connectivity index (χ1) is 11.1. The molecule has 1 aromatic rings. The molecular weight excluding hydrogens is 304 g/mol. The molecule has 1 fully saturated rings. The van der Waals surface area contributed by atoms with Crippen LogP contribution in [0.2, 0.25) is 0 Å². The molecule has 128 valence electrons. The summed E-state index contributed by atoms with van der Waals surface area (Å²) in [5, 5.41) is 5.40. The molecule has 0 radical (unpaired) electrons. The van der Waals surface area contributed by atoms with Gasteiger partial charge in [-0.2, -0.15) is 0 Å². The molecule has 0 aliphatic carbocycles. The van der Waals surface area contributed by atoms with Crippen LogP contribution in [0.15, 0.2) is 18.2 Å². The second kappa shape index (κ2) is 8.79. The highest BCUT2D eigenvalue weighted by Gasteiger charge is 2.14. The van der Waals surface area contributed by atoms with Gasteiger partial charge < -0.3 is 15.4 Å². The van der Waals surface area contributed by atoms with Crippen LogP contribution in [0, 0.1) is 11.6 Å². The van der Waals surface area contributed by atoms with Crippen molar-refractivity contribution in [3.05, 3.63) is 35.4 Å². The summed E-state index contributed by atoms with van der Waals surface area (Å²) >= 11 is 0. The number of morpholine rings is 1. The van der Waals surface area contributed by atoms with Crippen molar-refractivity contribution >= 4 is 6.03 Å². The van der Waals surface area contributed by atoms with Gasteiger partial charge in [0.15, 0.2) is 0 Å². The number of halogens is 2. The smallest absolute Gasteiger partial charge is 0.315 e. The number of nitrogens with zero attached hydrogens (tertiary/aromatic N) is 1. The lowest BCUT2D eigenvalue weighted by molar-refractivity contribution is 0.0375. The number of benzene rings is 1. The summed E-state index contributed by atoms with van der Waals surface area (Å²) in [6, 6.07) is 2.44. The van der Waals surface area contributed by atoms with Gasteiger partial charge in [0.05, 0.1) is 19.3 Å². The van der Waals surface area contributed by atoms with Gasteiger partial charge in [-0.15, -0.1) is 0 Å². The van der Waals surface area contributed by atoms with Crippen LogP contribution in [0.3, 0.4) is 0 Å². The summed E-state index contributed by atoms with van der Waals surface area (Å²) in [5.74, 6) is -1.30. The Hall–Kier alpha value is -1.73. The number of hydrogen-bond donors (Lipinski definition) is 2. The summed E-state index contributed by atoms with van der Waals surface area (Å²) in [5.41, 5.74) is 0.259. The van der Waals surface area contributed by atoms with Gasteiger partial charge in [0, 0.05) is 31.3 Å². The molecule has 1 unspecified atom stereocenters. The summed E-state index contributed by atoms with van der Waals surface area (Å²) < 4.78 is 31.8. The van der Waals surface area contributed by atoms with Gasteiger partial charge in [-0.3, -0.25) is 4.90 Å². The largest absolute Gasteiger partial charge is 0.379 e. The molecule has 7 heteroatoms. The van der Waals surface area contributed by atoms with Crippen molar-refractivity contribution in [1.29, 1.82) is 0 Å². The zero-order chi connectivity index (χ0) is 16.7. The Kier molecular flexibility index (Phi) is 6.73. The number of rotatable bonds is 6. The minimum Gasteiger partial charge on any atom is -0.379 e. The molecule has 1 atom stereocenters. The Balaban J connectivity index is 1.67. The van der Waals surface area contributed by atoms with E-state index < -0.39 is 17.7 Å². The first kappa shape index (κ1) is 17.6. The molecule has 2 amide bonds. The monoisotopic (exact) mass is 327 g/mol. The van der Waals surface area contributed by atoms with Crippen LogP contribution in [0.1, 0.15) is 24.9 Å². The first-order valence-corrected chi connectivity index (χ1v) is 7.85. The van der Waals surface area contributed by atoms with Crippen LogP contribution < -0.4 is 10.6 Å². The normalized spacial score (nSPS) is 16.8. The number of ether oxygens (including phenoxy) is 1. The van der Waals surface area contributed by atoms with Gasteiger partial charge in [0.2, 0.25) is 0 Å². The Morgan fingerprint density at radius 3 is 2.78 bits per heavy atom. The van der Waals surface area contributed by atoms with Crippen molar-refractivity contribution in [2.75, 3.05) is 39.4 Å². The Morgan fingerprint density at radius 1 is 1.35 bits per heavy atom. The van der Waals surface area contributed by atoms with Crippen molar-refractivity contribution in [1.82, 2.24) is 15.5 Å². The predicted octanol–water partition coefficient (Wildman–Crippen LogP) is 2.05. The molecular formula is C16H23F2N3O2. The molecule has 0 bridgehead atoms. The van der Waals surface area contributed by atoms with Crippen molar-refractivity contribution in [3.8, 4) is 0 Å². The van der Waals surface area contributed by atoms with E-state index in [1.807, 2.05) is 0 Å². The zero-order valence-corrected chi connectivity index (χ0v) is 13.3. The van der Waals surface area contributed by atoms with E-state index in [1.165, 1.54) is 12.1 Å². The summed E-state index contributed by atoms with van der Waals surface area (Å²) in [4.78, 5) is 14.1. The predicted molar refractivity (Wildman–Crippen MR) is 83.2 cm³/mol. The Morgan fingerprint density at radius 2 is 2.09 bits per heavy atom. The molecule has 2 N–H and O–H groups in total. The molecule has 1 aliphatic rings. The maximum atomic E-state index is 13.6. The highest BCUT2D eigenvalue weighted by Crippen LogP contribution is 2.17. The fourth-order valence-electron chi connectivity index (χ4n) is 2.51. The highest BCUT2D eigenvalue weighted by atomic mass is 19.1. The minimum atomic E-state index is -0.662. The highest BCUT2D eigenvalue weighted by molar-refractivity contribution is 5.74. The Labute approximate surface area is 135 Å². The number of urea groups is 1. The van der Waals surface area contributed by atoms with Gasteiger partial charge in [0.25, 0.3) is 0 Å². The second-order valence-electron chi connectivity index (χ2n) is 5.60. The summed E-state index contributed by atoms with van der Waals surface area (Å²) in [6.07, 6.45) is 0.840. The van der Waals surface area contributed by atoms with E-state index in [0.29, 0.717) is 6.54 Å². The molecule has 5 nitrogen and oxygen atoms in total. The molecule has 1 aliphatic heterocycles. The van der Waals surface area contributed by atoms with Gasteiger partial charge in [-0.25, -0.2) is 13.6 Å². The van der Waals surface area contributed by atoms with Crippen molar-refractivity contribution in [2.45, 2.75) is 19.4 Å². The average molecular weight is 327 g/mol. The van der Waals surface area contributed by atoms with Crippen LogP contribution >= 0.6 is 0 Å². The van der Waals surface area contributed by atoms with E-state index in [2.05, 4.69) is 15.5 Å². The van der Waals surface area contributed by atoms with Crippen LogP contribution in [-0.4, -0.2) is 50.3 Å². The van der Waals surface area contributed by atoms with Crippen LogP contribution in [-0.2, 0) is 4.74 Å². The topological polar surface area (TPSA) is 53.6 Å². The lowest BCUT2D eigenvalue weighted by atomic mass is 10.1. The van der Waals surface area contributed by atoms with Crippen LogP contribution in [0.4, 0.5) is 13.6 Å². The minimum absolute atomic E-state index is 0.259. The summed E-state index contributed by atoms with van der Waals surface area (Å²) in [6.45, 7) is 6.47. The van der Waals surface area contributed by atoms with Gasteiger partial charge in [0.1, 0.15) is 11.6 Å². The number of amides is 2. The maximum absolute atomic E-state index is 13.6. The zero-order valence-electron chi connectivity index (χ0n) is 13.3. The quantitative estimate of drug-likeness (QED) is 0.786. The third-order valence-corrected chi connectivity index (χ3v) is 3.82. The second-order valence-corrected chi connectivity index (χ2v) is 5.60. The van der Waals surface area contributed by atoms with Gasteiger partial charge in [-0.05, 0) is 26.0 Å². The number of nitrogens with one attached hydrogen (secondary N) is 2. The fourth-order valence-corrected chi connectivity index (χ4v) is 2.51. The van der Waals surface area contributed by atoms with Crippen molar-refractivity contribution in [2.24, 2.45) is 0 Å².